The standard InChI is InChI=1S/C11H7Cl2F4N3/c1-20-10(11(15,16)17)8(13)9(19-20)4-2-7(18)5(12)3-6(4)14/h2-3H,18H2,1H3. The molecule has 0 unspecified atom stereocenters. The zero-order valence-electron chi connectivity index (χ0n) is 9.89. The van der Waals surface area contributed by atoms with Crippen LogP contribution in [-0.4, -0.2) is 9.78 Å². The predicted octanol–water partition coefficient (Wildman–Crippen LogP) is 4.13. The molecule has 0 saturated carbocycles. The fourth-order valence-electron chi connectivity index (χ4n) is 1.73. The first kappa shape index (κ1) is 14.9. The van der Waals surface area contributed by atoms with Gasteiger partial charge >= 0.3 is 6.18 Å². The van der Waals surface area contributed by atoms with E-state index in [-0.39, 0.29) is 22.0 Å². The Morgan fingerprint density at radius 1 is 1.25 bits per heavy atom. The number of nitrogens with zero attached hydrogens (tertiary/aromatic N) is 2. The molecule has 0 spiro atoms. The molecule has 0 amide bonds. The zero-order chi connectivity index (χ0) is 15.2. The summed E-state index contributed by atoms with van der Waals surface area (Å²) in [6.45, 7) is 0. The van der Waals surface area contributed by atoms with Crippen molar-refractivity contribution in [2.45, 2.75) is 6.18 Å². The Morgan fingerprint density at radius 2 is 1.85 bits per heavy atom. The van der Waals surface area contributed by atoms with E-state index in [1.807, 2.05) is 0 Å². The number of rotatable bonds is 1. The molecule has 108 valence electrons. The summed E-state index contributed by atoms with van der Waals surface area (Å²) >= 11 is 11.3. The highest BCUT2D eigenvalue weighted by molar-refractivity contribution is 6.34. The first-order valence-corrected chi connectivity index (χ1v) is 5.93. The van der Waals surface area contributed by atoms with Crippen molar-refractivity contribution in [2.24, 2.45) is 7.05 Å². The minimum atomic E-state index is -4.70. The van der Waals surface area contributed by atoms with Gasteiger partial charge < -0.3 is 5.73 Å². The molecule has 20 heavy (non-hydrogen) atoms. The third kappa shape index (κ3) is 2.43. The van der Waals surface area contributed by atoms with Gasteiger partial charge in [0.05, 0.1) is 15.7 Å². The third-order valence-corrected chi connectivity index (χ3v) is 3.28. The maximum absolute atomic E-state index is 13.8. The highest BCUT2D eigenvalue weighted by Crippen LogP contribution is 2.41. The van der Waals surface area contributed by atoms with Crippen molar-refractivity contribution in [3.05, 3.63) is 33.7 Å². The molecule has 0 atom stereocenters. The molecule has 0 fully saturated rings. The summed E-state index contributed by atoms with van der Waals surface area (Å²) in [5.41, 5.74) is 3.76. The van der Waals surface area contributed by atoms with Crippen molar-refractivity contribution in [2.75, 3.05) is 5.73 Å². The van der Waals surface area contributed by atoms with E-state index in [0.29, 0.717) is 4.68 Å². The average molecular weight is 328 g/mol. The molecule has 1 aromatic carbocycles. The molecule has 0 bridgehead atoms. The summed E-state index contributed by atoms with van der Waals surface area (Å²) in [5.74, 6) is -0.863. The molecule has 2 aromatic rings. The topological polar surface area (TPSA) is 43.8 Å². The lowest BCUT2D eigenvalue weighted by Crippen LogP contribution is -2.12. The van der Waals surface area contributed by atoms with Crippen LogP contribution in [0, 0.1) is 5.82 Å². The van der Waals surface area contributed by atoms with E-state index in [0.717, 1.165) is 19.2 Å². The molecule has 1 heterocycles. The second-order valence-corrected chi connectivity index (χ2v) is 4.77. The van der Waals surface area contributed by atoms with Gasteiger partial charge in [-0.15, -0.1) is 0 Å². The number of benzene rings is 1. The number of aryl methyl sites for hydroxylation is 1. The number of halogens is 6. The van der Waals surface area contributed by atoms with Gasteiger partial charge in [0, 0.05) is 12.6 Å². The Morgan fingerprint density at radius 3 is 2.35 bits per heavy atom. The van der Waals surface area contributed by atoms with Crippen LogP contribution < -0.4 is 5.73 Å². The molecule has 2 rings (SSSR count). The van der Waals surface area contributed by atoms with E-state index in [1.54, 1.807) is 0 Å². The molecule has 0 aliphatic carbocycles. The van der Waals surface area contributed by atoms with Crippen molar-refractivity contribution >= 4 is 28.9 Å². The molecule has 0 radical (unpaired) electrons. The van der Waals surface area contributed by atoms with Crippen LogP contribution in [0.3, 0.4) is 0 Å². The normalized spacial score (nSPS) is 11.9. The van der Waals surface area contributed by atoms with Crippen molar-refractivity contribution in [1.29, 1.82) is 0 Å². The maximum Gasteiger partial charge on any atom is 0.434 e. The SMILES string of the molecule is Cn1nc(-c2cc(N)c(Cl)cc2F)c(Cl)c1C(F)(F)F. The lowest BCUT2D eigenvalue weighted by atomic mass is 10.1. The van der Waals surface area contributed by atoms with E-state index >= 15 is 0 Å². The fraction of sp³-hybridized carbons (Fsp3) is 0.182. The van der Waals surface area contributed by atoms with Gasteiger partial charge in [0.1, 0.15) is 11.5 Å². The summed E-state index contributed by atoms with van der Waals surface area (Å²) in [6, 6.07) is 1.98. The molecule has 0 saturated heterocycles. The van der Waals surface area contributed by atoms with Gasteiger partial charge in [-0.2, -0.15) is 18.3 Å². The largest absolute Gasteiger partial charge is 0.434 e. The van der Waals surface area contributed by atoms with Crippen molar-refractivity contribution in [1.82, 2.24) is 9.78 Å². The Balaban J connectivity index is 2.70. The van der Waals surface area contributed by atoms with E-state index in [4.69, 9.17) is 28.9 Å². The van der Waals surface area contributed by atoms with Crippen LogP contribution in [0.2, 0.25) is 10.0 Å². The Bertz CT molecular complexity index is 679. The first-order chi connectivity index (χ1) is 9.12. The minimum absolute atomic E-state index is 0.0124. The fourth-order valence-corrected chi connectivity index (χ4v) is 2.24. The number of hydrogen-bond acceptors (Lipinski definition) is 2. The van der Waals surface area contributed by atoms with Crippen LogP contribution in [0.5, 0.6) is 0 Å². The highest BCUT2D eigenvalue weighted by atomic mass is 35.5. The maximum atomic E-state index is 13.8. The second-order valence-electron chi connectivity index (χ2n) is 3.99. The van der Waals surface area contributed by atoms with E-state index in [9.17, 15) is 17.6 Å². The summed E-state index contributed by atoms with van der Waals surface area (Å²) in [7, 11) is 1.06. The molecule has 0 aliphatic heterocycles. The lowest BCUT2D eigenvalue weighted by Gasteiger charge is -2.06. The molecule has 3 nitrogen and oxygen atoms in total. The lowest BCUT2D eigenvalue weighted by molar-refractivity contribution is -0.143. The Labute approximate surface area is 120 Å². The van der Waals surface area contributed by atoms with Gasteiger partial charge in [0.25, 0.3) is 0 Å². The summed E-state index contributed by atoms with van der Waals surface area (Å²) in [5, 5.41) is 2.86. The van der Waals surface area contributed by atoms with Crippen LogP contribution in [0.15, 0.2) is 12.1 Å². The van der Waals surface area contributed by atoms with Crippen LogP contribution in [0.1, 0.15) is 5.69 Å². The monoisotopic (exact) mass is 327 g/mol. The van der Waals surface area contributed by atoms with E-state index < -0.39 is 22.7 Å². The van der Waals surface area contributed by atoms with Gasteiger partial charge in [-0.3, -0.25) is 4.68 Å². The van der Waals surface area contributed by atoms with Gasteiger partial charge in [0.15, 0.2) is 5.69 Å². The van der Waals surface area contributed by atoms with Gasteiger partial charge in [0.2, 0.25) is 0 Å². The van der Waals surface area contributed by atoms with Crippen LogP contribution >= 0.6 is 23.2 Å². The van der Waals surface area contributed by atoms with Crippen molar-refractivity contribution in [3.8, 4) is 11.3 Å². The molecule has 1 aromatic heterocycles. The zero-order valence-corrected chi connectivity index (χ0v) is 11.4. The minimum Gasteiger partial charge on any atom is -0.398 e. The highest BCUT2D eigenvalue weighted by Gasteiger charge is 2.39. The van der Waals surface area contributed by atoms with Crippen molar-refractivity contribution in [3.63, 3.8) is 0 Å². The van der Waals surface area contributed by atoms with Crippen LogP contribution in [0.4, 0.5) is 23.2 Å². The summed E-state index contributed by atoms with van der Waals surface area (Å²) in [4.78, 5) is 0. The molecule has 0 aliphatic rings. The Hall–Kier alpha value is -1.47. The molecular weight excluding hydrogens is 321 g/mol. The first-order valence-electron chi connectivity index (χ1n) is 5.17. The number of nitrogen functional groups attached to an aromatic ring is 1. The smallest absolute Gasteiger partial charge is 0.398 e. The molecule has 2 N–H and O–H groups in total. The van der Waals surface area contributed by atoms with Gasteiger partial charge in [-0.05, 0) is 12.1 Å². The second kappa shape index (κ2) is 4.82. The number of nitrogens with two attached hydrogens (primary N) is 1. The number of hydrogen-bond donors (Lipinski definition) is 1. The number of alkyl halides is 3. The number of anilines is 1. The average Bonchev–Trinajstić information content (AvgIpc) is 2.58. The third-order valence-electron chi connectivity index (χ3n) is 2.60. The number of aromatic nitrogens is 2. The molecular formula is C11H7Cl2F4N3. The van der Waals surface area contributed by atoms with Crippen LogP contribution in [0.25, 0.3) is 11.3 Å². The van der Waals surface area contributed by atoms with E-state index in [2.05, 4.69) is 5.10 Å². The Kier molecular flexibility index (Phi) is 3.60. The van der Waals surface area contributed by atoms with Crippen LogP contribution in [-0.2, 0) is 13.2 Å². The summed E-state index contributed by atoms with van der Waals surface area (Å²) < 4.78 is 52.7. The summed E-state index contributed by atoms with van der Waals surface area (Å²) in [6.07, 6.45) is -4.70. The quantitative estimate of drug-likeness (QED) is 0.632. The van der Waals surface area contributed by atoms with Gasteiger partial charge in [-0.1, -0.05) is 23.2 Å². The predicted molar refractivity (Wildman–Crippen MR) is 68.0 cm³/mol. The van der Waals surface area contributed by atoms with E-state index in [1.165, 1.54) is 0 Å². The van der Waals surface area contributed by atoms with Gasteiger partial charge in [-0.25, -0.2) is 4.39 Å². The van der Waals surface area contributed by atoms with Crippen molar-refractivity contribution < 1.29 is 17.6 Å². The molecule has 9 heteroatoms.